The molecule has 0 bridgehead atoms. The van der Waals surface area contributed by atoms with Crippen LogP contribution in [0.1, 0.15) is 19.3 Å². The highest BCUT2D eigenvalue weighted by Gasteiger charge is 2.14. The molecule has 18 heavy (non-hydrogen) atoms. The van der Waals surface area contributed by atoms with Gasteiger partial charge in [0.25, 0.3) is 0 Å². The second-order valence-corrected chi connectivity index (χ2v) is 4.41. The molecule has 1 rings (SSSR count). The van der Waals surface area contributed by atoms with Crippen LogP contribution in [0.15, 0.2) is 18.2 Å². The van der Waals surface area contributed by atoms with Crippen molar-refractivity contribution in [3.05, 3.63) is 34.1 Å². The Bertz CT molecular complexity index is 454. The minimum absolute atomic E-state index is 0.224. The normalized spacial score (nSPS) is 10.1. The van der Waals surface area contributed by atoms with E-state index in [-0.39, 0.29) is 11.6 Å². The Labute approximate surface area is 112 Å². The van der Waals surface area contributed by atoms with Gasteiger partial charge in [0.1, 0.15) is 0 Å². The SMILES string of the molecule is O=C(CCCCBr)Nc1ccc([N+](=O)[O-])c(F)c1. The maximum Gasteiger partial charge on any atom is 0.304 e. The summed E-state index contributed by atoms with van der Waals surface area (Å²) in [6.45, 7) is 0. The summed E-state index contributed by atoms with van der Waals surface area (Å²) in [4.78, 5) is 21.0. The van der Waals surface area contributed by atoms with Gasteiger partial charge in [-0.05, 0) is 18.9 Å². The van der Waals surface area contributed by atoms with Crippen molar-refractivity contribution in [1.29, 1.82) is 0 Å². The largest absolute Gasteiger partial charge is 0.326 e. The van der Waals surface area contributed by atoms with Gasteiger partial charge in [0.15, 0.2) is 0 Å². The van der Waals surface area contributed by atoms with Crippen molar-refractivity contribution < 1.29 is 14.1 Å². The Balaban J connectivity index is 2.60. The number of hydrogen-bond donors (Lipinski definition) is 1. The zero-order valence-corrected chi connectivity index (χ0v) is 11.1. The van der Waals surface area contributed by atoms with Crippen LogP contribution in [-0.4, -0.2) is 16.2 Å². The van der Waals surface area contributed by atoms with E-state index in [4.69, 9.17) is 0 Å². The van der Waals surface area contributed by atoms with Crippen LogP contribution in [0, 0.1) is 15.9 Å². The lowest BCUT2D eigenvalue weighted by molar-refractivity contribution is -0.387. The van der Waals surface area contributed by atoms with Crippen molar-refractivity contribution in [2.24, 2.45) is 0 Å². The molecule has 0 radical (unpaired) electrons. The van der Waals surface area contributed by atoms with Gasteiger partial charge in [0.2, 0.25) is 11.7 Å². The van der Waals surface area contributed by atoms with Crippen LogP contribution in [0.25, 0.3) is 0 Å². The molecular formula is C11H12BrFN2O3. The number of carbonyl (C=O) groups is 1. The van der Waals surface area contributed by atoms with Gasteiger partial charge in [-0.1, -0.05) is 15.9 Å². The number of nitro groups is 1. The Morgan fingerprint density at radius 1 is 1.44 bits per heavy atom. The summed E-state index contributed by atoms with van der Waals surface area (Å²) in [5.74, 6) is -1.19. The zero-order valence-electron chi connectivity index (χ0n) is 9.49. The van der Waals surface area contributed by atoms with E-state index in [9.17, 15) is 19.3 Å². The van der Waals surface area contributed by atoms with E-state index < -0.39 is 16.4 Å². The molecule has 1 amide bonds. The highest BCUT2D eigenvalue weighted by molar-refractivity contribution is 9.09. The number of alkyl halides is 1. The fraction of sp³-hybridized carbons (Fsp3) is 0.364. The van der Waals surface area contributed by atoms with Gasteiger partial charge in [-0.15, -0.1) is 0 Å². The molecule has 98 valence electrons. The van der Waals surface area contributed by atoms with Crippen LogP contribution in [-0.2, 0) is 4.79 Å². The van der Waals surface area contributed by atoms with Crippen molar-refractivity contribution in [2.45, 2.75) is 19.3 Å². The van der Waals surface area contributed by atoms with Gasteiger partial charge < -0.3 is 5.32 Å². The smallest absolute Gasteiger partial charge is 0.304 e. The molecule has 0 spiro atoms. The summed E-state index contributed by atoms with van der Waals surface area (Å²) in [5.41, 5.74) is -0.380. The van der Waals surface area contributed by atoms with Crippen molar-refractivity contribution in [2.75, 3.05) is 10.6 Å². The predicted molar refractivity (Wildman–Crippen MR) is 69.3 cm³/mol. The average molecular weight is 319 g/mol. The van der Waals surface area contributed by atoms with E-state index in [1.54, 1.807) is 0 Å². The molecule has 0 fully saturated rings. The van der Waals surface area contributed by atoms with Gasteiger partial charge in [-0.25, -0.2) is 0 Å². The molecule has 0 saturated carbocycles. The molecule has 1 aromatic rings. The lowest BCUT2D eigenvalue weighted by Gasteiger charge is -2.04. The molecule has 1 N–H and O–H groups in total. The van der Waals surface area contributed by atoms with E-state index in [2.05, 4.69) is 21.2 Å². The number of nitrogens with zero attached hydrogens (tertiary/aromatic N) is 1. The van der Waals surface area contributed by atoms with Gasteiger partial charge >= 0.3 is 5.69 Å². The molecule has 0 aliphatic heterocycles. The minimum atomic E-state index is -0.960. The molecule has 0 aliphatic carbocycles. The molecule has 0 heterocycles. The molecule has 7 heteroatoms. The summed E-state index contributed by atoms with van der Waals surface area (Å²) < 4.78 is 13.3. The molecule has 1 aromatic carbocycles. The molecule has 0 aliphatic rings. The van der Waals surface area contributed by atoms with Crippen LogP contribution in [0.3, 0.4) is 0 Å². The van der Waals surface area contributed by atoms with E-state index in [1.807, 2.05) is 0 Å². The van der Waals surface area contributed by atoms with E-state index in [1.165, 1.54) is 6.07 Å². The fourth-order valence-corrected chi connectivity index (χ4v) is 1.73. The summed E-state index contributed by atoms with van der Waals surface area (Å²) in [6.07, 6.45) is 1.94. The highest BCUT2D eigenvalue weighted by atomic mass is 79.9. The third kappa shape index (κ3) is 4.40. The van der Waals surface area contributed by atoms with Crippen LogP contribution in [0.5, 0.6) is 0 Å². The number of anilines is 1. The standard InChI is InChI=1S/C11H12BrFN2O3/c12-6-2-1-3-11(16)14-8-4-5-10(15(17)18)9(13)7-8/h4-5,7H,1-3,6H2,(H,14,16). The van der Waals surface area contributed by atoms with Crippen molar-refractivity contribution >= 4 is 33.2 Å². The van der Waals surface area contributed by atoms with Gasteiger partial charge in [0, 0.05) is 29.6 Å². The van der Waals surface area contributed by atoms with E-state index in [0.717, 1.165) is 30.3 Å². The highest BCUT2D eigenvalue weighted by Crippen LogP contribution is 2.20. The summed E-state index contributed by atoms with van der Waals surface area (Å²) in [6, 6.07) is 3.29. The maximum absolute atomic E-state index is 13.3. The third-order valence-corrected chi connectivity index (χ3v) is 2.78. The summed E-state index contributed by atoms with van der Waals surface area (Å²) in [7, 11) is 0. The predicted octanol–water partition coefficient (Wildman–Crippen LogP) is 3.24. The first-order valence-corrected chi connectivity index (χ1v) is 6.46. The monoisotopic (exact) mass is 318 g/mol. The first-order valence-electron chi connectivity index (χ1n) is 5.34. The number of nitro benzene ring substituents is 1. The fourth-order valence-electron chi connectivity index (χ4n) is 1.34. The first kappa shape index (κ1) is 14.6. The Morgan fingerprint density at radius 3 is 2.72 bits per heavy atom. The van der Waals surface area contributed by atoms with E-state index in [0.29, 0.717) is 6.42 Å². The lowest BCUT2D eigenvalue weighted by Crippen LogP contribution is -2.11. The average Bonchev–Trinajstić information content (AvgIpc) is 2.28. The Morgan fingerprint density at radius 2 is 2.17 bits per heavy atom. The van der Waals surface area contributed by atoms with E-state index >= 15 is 0 Å². The zero-order chi connectivity index (χ0) is 13.5. The third-order valence-electron chi connectivity index (χ3n) is 2.22. The number of carbonyl (C=O) groups excluding carboxylic acids is 1. The number of hydrogen-bond acceptors (Lipinski definition) is 3. The first-order chi connectivity index (χ1) is 8.54. The van der Waals surface area contributed by atoms with Gasteiger partial charge in [0.05, 0.1) is 4.92 Å². The number of nitrogens with one attached hydrogen (secondary N) is 1. The molecule has 0 atom stereocenters. The van der Waals surface area contributed by atoms with Gasteiger partial charge in [-0.2, -0.15) is 4.39 Å². The molecule has 5 nitrogen and oxygen atoms in total. The van der Waals surface area contributed by atoms with Crippen LogP contribution in [0.2, 0.25) is 0 Å². The Kier molecular flexibility index (Phi) is 5.70. The van der Waals surface area contributed by atoms with Crippen molar-refractivity contribution in [3.8, 4) is 0 Å². The minimum Gasteiger partial charge on any atom is -0.326 e. The number of benzene rings is 1. The second kappa shape index (κ2) is 7.05. The van der Waals surface area contributed by atoms with Crippen LogP contribution >= 0.6 is 15.9 Å². The second-order valence-electron chi connectivity index (χ2n) is 3.62. The van der Waals surface area contributed by atoms with Crippen LogP contribution < -0.4 is 5.32 Å². The number of rotatable bonds is 6. The molecule has 0 aromatic heterocycles. The molecule has 0 unspecified atom stereocenters. The maximum atomic E-state index is 13.3. The summed E-state index contributed by atoms with van der Waals surface area (Å²) >= 11 is 3.25. The number of amides is 1. The topological polar surface area (TPSA) is 72.2 Å². The Hall–Kier alpha value is -1.50. The molecular weight excluding hydrogens is 307 g/mol. The summed E-state index contributed by atoms with van der Waals surface area (Å²) in [5, 5.41) is 13.7. The van der Waals surface area contributed by atoms with Crippen molar-refractivity contribution in [1.82, 2.24) is 0 Å². The number of halogens is 2. The quantitative estimate of drug-likeness (QED) is 0.379. The lowest BCUT2D eigenvalue weighted by atomic mass is 10.2. The van der Waals surface area contributed by atoms with Crippen molar-refractivity contribution in [3.63, 3.8) is 0 Å². The van der Waals surface area contributed by atoms with Gasteiger partial charge in [-0.3, -0.25) is 14.9 Å². The molecule has 0 saturated heterocycles. The number of unbranched alkanes of at least 4 members (excludes halogenated alkanes) is 1. The van der Waals surface area contributed by atoms with Crippen LogP contribution in [0.4, 0.5) is 15.8 Å².